The molecule has 1 heterocycles. The van der Waals surface area contributed by atoms with E-state index in [-0.39, 0.29) is 0 Å². The summed E-state index contributed by atoms with van der Waals surface area (Å²) in [6, 6.07) is 2.77. The van der Waals surface area contributed by atoms with Gasteiger partial charge in [0.25, 0.3) is 0 Å². The van der Waals surface area contributed by atoms with Gasteiger partial charge in [-0.3, -0.25) is 0 Å². The van der Waals surface area contributed by atoms with Crippen LogP contribution >= 0.6 is 38.9 Å². The van der Waals surface area contributed by atoms with Crippen LogP contribution in [0, 0.1) is 0 Å². The van der Waals surface area contributed by atoms with Crippen LogP contribution in [-0.4, -0.2) is 11.4 Å². The number of thiophene rings is 1. The maximum atomic E-state index is 6.07. The van der Waals surface area contributed by atoms with Gasteiger partial charge in [0.2, 0.25) is 0 Å². The van der Waals surface area contributed by atoms with E-state index >= 15 is 0 Å². The Kier molecular flexibility index (Phi) is 4.50. The third-order valence-electron chi connectivity index (χ3n) is 2.90. The lowest BCUT2D eigenvalue weighted by atomic mass is 9.95. The van der Waals surface area contributed by atoms with Crippen molar-refractivity contribution in [3.63, 3.8) is 0 Å². The monoisotopic (exact) mass is 307 g/mol. The van der Waals surface area contributed by atoms with Gasteiger partial charge in [0.05, 0.1) is 0 Å². The fourth-order valence-electron chi connectivity index (χ4n) is 1.95. The van der Waals surface area contributed by atoms with E-state index < -0.39 is 0 Å². The molecule has 1 aromatic rings. The van der Waals surface area contributed by atoms with Gasteiger partial charge < -0.3 is 5.32 Å². The molecule has 0 aromatic carbocycles. The second kappa shape index (κ2) is 5.67. The van der Waals surface area contributed by atoms with Crippen molar-refractivity contribution in [1.82, 2.24) is 5.32 Å². The van der Waals surface area contributed by atoms with Crippen LogP contribution in [0.5, 0.6) is 0 Å². The third kappa shape index (κ3) is 3.45. The lowest BCUT2D eigenvalue weighted by Crippen LogP contribution is -2.32. The van der Waals surface area contributed by atoms with Crippen LogP contribution in [0.1, 0.15) is 30.6 Å². The van der Waals surface area contributed by atoms with Gasteiger partial charge in [-0.15, -0.1) is 22.9 Å². The van der Waals surface area contributed by atoms with Crippen LogP contribution in [0.4, 0.5) is 0 Å². The highest BCUT2D eigenvalue weighted by molar-refractivity contribution is 9.10. The summed E-state index contributed by atoms with van der Waals surface area (Å²) < 4.78 is 1.23. The maximum absolute atomic E-state index is 6.07. The Morgan fingerprint density at radius 1 is 1.40 bits per heavy atom. The Balaban J connectivity index is 1.77. The molecular formula is C11H15BrClNS. The molecule has 1 N–H and O–H groups in total. The van der Waals surface area contributed by atoms with E-state index in [9.17, 15) is 0 Å². The average Bonchev–Trinajstić information content (AvgIpc) is 2.63. The average molecular weight is 309 g/mol. The molecule has 1 saturated carbocycles. The van der Waals surface area contributed by atoms with Gasteiger partial charge in [-0.25, -0.2) is 0 Å². The molecule has 0 atom stereocenters. The van der Waals surface area contributed by atoms with Crippen molar-refractivity contribution in [3.05, 3.63) is 20.8 Å². The molecule has 2 rings (SSSR count). The van der Waals surface area contributed by atoms with E-state index in [0.29, 0.717) is 11.4 Å². The number of hydrogen-bond acceptors (Lipinski definition) is 2. The Labute approximate surface area is 108 Å². The molecule has 4 heteroatoms. The van der Waals surface area contributed by atoms with E-state index in [4.69, 9.17) is 11.6 Å². The van der Waals surface area contributed by atoms with Crippen molar-refractivity contribution < 1.29 is 0 Å². The Bertz CT molecular complexity index is 307. The summed E-state index contributed by atoms with van der Waals surface area (Å²) in [7, 11) is 0. The van der Waals surface area contributed by atoms with Crippen molar-refractivity contribution in [2.75, 3.05) is 0 Å². The fourth-order valence-corrected chi connectivity index (χ4v) is 3.64. The molecule has 84 valence electrons. The zero-order valence-electron chi connectivity index (χ0n) is 8.51. The lowest BCUT2D eigenvalue weighted by molar-refractivity contribution is 0.377. The molecule has 1 fully saturated rings. The molecule has 15 heavy (non-hydrogen) atoms. The van der Waals surface area contributed by atoms with Gasteiger partial charge in [0.15, 0.2) is 0 Å². The number of halogens is 2. The quantitative estimate of drug-likeness (QED) is 0.827. The summed E-state index contributed by atoms with van der Waals surface area (Å²) in [5.41, 5.74) is 0. The first-order valence-electron chi connectivity index (χ1n) is 5.35. The number of nitrogens with one attached hydrogen (secondary N) is 1. The van der Waals surface area contributed by atoms with Crippen LogP contribution in [0.25, 0.3) is 0 Å². The first-order chi connectivity index (χ1) is 7.25. The summed E-state index contributed by atoms with van der Waals surface area (Å²) in [5, 5.41) is 6.14. The lowest BCUT2D eigenvalue weighted by Gasteiger charge is -2.25. The van der Waals surface area contributed by atoms with E-state index in [1.165, 1.54) is 22.2 Å². The van der Waals surface area contributed by atoms with Gasteiger partial charge in [0.1, 0.15) is 0 Å². The Hall–Kier alpha value is 0.430. The molecule has 1 nitrogen and oxygen atoms in total. The van der Waals surface area contributed by atoms with Crippen LogP contribution in [-0.2, 0) is 6.54 Å². The zero-order chi connectivity index (χ0) is 10.7. The molecule has 1 aliphatic carbocycles. The summed E-state index contributed by atoms with van der Waals surface area (Å²) >= 11 is 11.4. The van der Waals surface area contributed by atoms with E-state index in [2.05, 4.69) is 32.7 Å². The van der Waals surface area contributed by atoms with Crippen LogP contribution in [0.15, 0.2) is 15.9 Å². The fraction of sp³-hybridized carbons (Fsp3) is 0.636. The van der Waals surface area contributed by atoms with Crippen molar-refractivity contribution in [2.45, 2.75) is 43.6 Å². The van der Waals surface area contributed by atoms with Crippen molar-refractivity contribution >= 4 is 38.9 Å². The maximum Gasteiger partial charge on any atom is 0.0337 e. The van der Waals surface area contributed by atoms with Crippen molar-refractivity contribution in [2.24, 2.45) is 0 Å². The highest BCUT2D eigenvalue weighted by Crippen LogP contribution is 2.25. The molecule has 0 unspecified atom stereocenters. The largest absolute Gasteiger partial charge is 0.309 e. The summed E-state index contributed by atoms with van der Waals surface area (Å²) in [5.74, 6) is 0. The Morgan fingerprint density at radius 2 is 2.13 bits per heavy atom. The SMILES string of the molecule is ClC1CCC(NCc2sccc2Br)CC1. The van der Waals surface area contributed by atoms with Crippen molar-refractivity contribution in [3.8, 4) is 0 Å². The molecule has 0 bridgehead atoms. The van der Waals surface area contributed by atoms with E-state index in [1.807, 2.05) is 0 Å². The van der Waals surface area contributed by atoms with Gasteiger partial charge in [0, 0.05) is 27.3 Å². The molecular weight excluding hydrogens is 294 g/mol. The molecule has 0 radical (unpaired) electrons. The summed E-state index contributed by atoms with van der Waals surface area (Å²) in [6.45, 7) is 0.982. The minimum atomic E-state index is 0.413. The predicted octanol–water partition coefficient (Wildman–Crippen LogP) is 4.15. The first-order valence-corrected chi connectivity index (χ1v) is 7.46. The van der Waals surface area contributed by atoms with Crippen LogP contribution in [0.3, 0.4) is 0 Å². The van der Waals surface area contributed by atoms with Crippen molar-refractivity contribution in [1.29, 1.82) is 0 Å². The van der Waals surface area contributed by atoms with Gasteiger partial charge >= 0.3 is 0 Å². The summed E-state index contributed by atoms with van der Waals surface area (Å²) in [6.07, 6.45) is 4.75. The zero-order valence-corrected chi connectivity index (χ0v) is 11.7. The first kappa shape index (κ1) is 11.9. The number of hydrogen-bond donors (Lipinski definition) is 1. The Morgan fingerprint density at radius 3 is 2.73 bits per heavy atom. The predicted molar refractivity (Wildman–Crippen MR) is 70.8 cm³/mol. The topological polar surface area (TPSA) is 12.0 Å². The molecule has 0 spiro atoms. The van der Waals surface area contributed by atoms with Gasteiger partial charge in [-0.2, -0.15) is 0 Å². The number of alkyl halides is 1. The summed E-state index contributed by atoms with van der Waals surface area (Å²) in [4.78, 5) is 1.39. The highest BCUT2D eigenvalue weighted by atomic mass is 79.9. The molecule has 1 aliphatic rings. The minimum Gasteiger partial charge on any atom is -0.309 e. The molecule has 0 amide bonds. The molecule has 1 aromatic heterocycles. The standard InChI is InChI=1S/C11H15BrClNS/c12-10-5-6-15-11(10)7-14-9-3-1-8(13)2-4-9/h5-6,8-9,14H,1-4,7H2. The van der Waals surface area contributed by atoms with E-state index in [1.54, 1.807) is 11.3 Å². The minimum absolute atomic E-state index is 0.413. The van der Waals surface area contributed by atoms with Gasteiger partial charge in [-0.05, 0) is 53.1 Å². The van der Waals surface area contributed by atoms with Crippen LogP contribution in [0.2, 0.25) is 0 Å². The number of rotatable bonds is 3. The molecule has 0 saturated heterocycles. The second-order valence-electron chi connectivity index (χ2n) is 4.02. The van der Waals surface area contributed by atoms with Crippen LogP contribution < -0.4 is 5.32 Å². The second-order valence-corrected chi connectivity index (χ2v) is 6.49. The highest BCUT2D eigenvalue weighted by Gasteiger charge is 2.18. The normalized spacial score (nSPS) is 26.8. The molecule has 0 aliphatic heterocycles. The van der Waals surface area contributed by atoms with E-state index in [0.717, 1.165) is 19.4 Å². The smallest absolute Gasteiger partial charge is 0.0337 e. The third-order valence-corrected chi connectivity index (χ3v) is 5.26. The van der Waals surface area contributed by atoms with Gasteiger partial charge in [-0.1, -0.05) is 0 Å².